The number of para-hydroxylation sites is 1. The Labute approximate surface area is 166 Å². The number of ether oxygens (including phenoxy) is 2. The first kappa shape index (κ1) is 19.4. The number of benzene rings is 2. The second kappa shape index (κ2) is 9.01. The van der Waals surface area contributed by atoms with Crippen molar-refractivity contribution in [3.8, 4) is 5.75 Å². The van der Waals surface area contributed by atoms with Crippen LogP contribution in [0.3, 0.4) is 0 Å². The van der Waals surface area contributed by atoms with Gasteiger partial charge in [0.05, 0.1) is 5.02 Å². The molecule has 0 spiro atoms. The minimum Gasteiger partial charge on any atom is -0.480 e. The Balaban J connectivity index is 1.56. The fourth-order valence-electron chi connectivity index (χ4n) is 2.25. The molecule has 3 N–H and O–H groups in total. The molecule has 0 unspecified atom stereocenters. The van der Waals surface area contributed by atoms with E-state index >= 15 is 0 Å². The highest BCUT2D eigenvalue weighted by molar-refractivity contribution is 6.32. The van der Waals surface area contributed by atoms with Gasteiger partial charge in [-0.15, -0.1) is 0 Å². The van der Waals surface area contributed by atoms with E-state index in [-0.39, 0.29) is 30.9 Å². The molecule has 0 atom stereocenters. The van der Waals surface area contributed by atoms with Crippen LogP contribution in [0.5, 0.6) is 5.75 Å². The number of halogens is 1. The Morgan fingerprint density at radius 1 is 1.14 bits per heavy atom. The first-order valence-electron chi connectivity index (χ1n) is 8.36. The van der Waals surface area contributed by atoms with Crippen LogP contribution in [0.1, 0.15) is 11.4 Å². The molecule has 8 nitrogen and oxygen atoms in total. The average Bonchev–Trinajstić information content (AvgIpc) is 2.67. The van der Waals surface area contributed by atoms with Crippen LogP contribution < -0.4 is 15.8 Å². The molecule has 0 bridgehead atoms. The molecule has 28 heavy (non-hydrogen) atoms. The van der Waals surface area contributed by atoms with E-state index in [2.05, 4.69) is 20.3 Å². The van der Waals surface area contributed by atoms with E-state index in [1.807, 2.05) is 43.3 Å². The van der Waals surface area contributed by atoms with Gasteiger partial charge in [0.25, 0.3) is 0 Å². The lowest BCUT2D eigenvalue weighted by atomic mass is 10.2. The van der Waals surface area contributed by atoms with Crippen LogP contribution >= 0.6 is 11.6 Å². The third kappa shape index (κ3) is 5.55. The van der Waals surface area contributed by atoms with E-state index in [1.165, 1.54) is 0 Å². The number of rotatable bonds is 7. The molecule has 2 aromatic carbocycles. The lowest BCUT2D eigenvalue weighted by Gasteiger charge is -2.10. The van der Waals surface area contributed by atoms with Crippen molar-refractivity contribution in [1.29, 1.82) is 0 Å². The van der Waals surface area contributed by atoms with Gasteiger partial charge in [-0.25, -0.2) is 4.79 Å². The summed E-state index contributed by atoms with van der Waals surface area (Å²) in [6, 6.07) is 14.6. The number of anilines is 3. The maximum atomic E-state index is 11.9. The first-order chi connectivity index (χ1) is 13.5. The number of carbonyl (C=O) groups is 1. The van der Waals surface area contributed by atoms with Gasteiger partial charge in [-0.2, -0.15) is 15.0 Å². The van der Waals surface area contributed by atoms with Crippen LogP contribution in [0.25, 0.3) is 0 Å². The van der Waals surface area contributed by atoms with Crippen molar-refractivity contribution in [3.05, 3.63) is 64.9 Å². The summed E-state index contributed by atoms with van der Waals surface area (Å²) >= 11 is 6.03. The van der Waals surface area contributed by atoms with Crippen LogP contribution in [-0.2, 0) is 16.1 Å². The monoisotopic (exact) mass is 399 g/mol. The number of hydrogen-bond donors (Lipinski definition) is 2. The molecule has 0 saturated heterocycles. The second-order valence-electron chi connectivity index (χ2n) is 5.81. The number of esters is 1. The Bertz CT molecular complexity index is 969. The summed E-state index contributed by atoms with van der Waals surface area (Å²) in [6.45, 7) is 1.44. The van der Waals surface area contributed by atoms with Gasteiger partial charge in [0.2, 0.25) is 11.9 Å². The van der Waals surface area contributed by atoms with Crippen molar-refractivity contribution in [3.63, 3.8) is 0 Å². The molecular formula is C19H18ClN5O3. The largest absolute Gasteiger partial charge is 0.480 e. The zero-order valence-electron chi connectivity index (χ0n) is 15.1. The summed E-state index contributed by atoms with van der Waals surface area (Å²) in [6.07, 6.45) is 0. The molecule has 3 aromatic rings. The Morgan fingerprint density at radius 3 is 2.71 bits per heavy atom. The topological polar surface area (TPSA) is 112 Å². The fourth-order valence-corrected chi connectivity index (χ4v) is 2.43. The number of nitrogens with zero attached hydrogens (tertiary/aromatic N) is 3. The number of nitrogens with two attached hydrogens (primary N) is 1. The van der Waals surface area contributed by atoms with Crippen molar-refractivity contribution in [2.24, 2.45) is 0 Å². The molecule has 0 saturated carbocycles. The van der Waals surface area contributed by atoms with E-state index in [0.29, 0.717) is 10.8 Å². The van der Waals surface area contributed by atoms with Crippen molar-refractivity contribution < 1.29 is 14.3 Å². The van der Waals surface area contributed by atoms with Crippen LogP contribution in [0.2, 0.25) is 5.02 Å². The molecule has 1 heterocycles. The number of carbonyl (C=O) groups excluding carboxylic acids is 1. The van der Waals surface area contributed by atoms with Gasteiger partial charge in [-0.05, 0) is 36.8 Å². The highest BCUT2D eigenvalue weighted by Crippen LogP contribution is 2.25. The van der Waals surface area contributed by atoms with Crippen LogP contribution in [0.4, 0.5) is 17.6 Å². The fraction of sp³-hybridized carbons (Fsp3) is 0.158. The third-order valence-corrected chi connectivity index (χ3v) is 3.84. The number of hydrogen-bond acceptors (Lipinski definition) is 8. The average molecular weight is 400 g/mol. The Hall–Kier alpha value is -3.39. The van der Waals surface area contributed by atoms with Crippen molar-refractivity contribution in [2.75, 3.05) is 17.7 Å². The second-order valence-corrected chi connectivity index (χ2v) is 6.21. The lowest BCUT2D eigenvalue weighted by Crippen LogP contribution is -2.16. The van der Waals surface area contributed by atoms with Gasteiger partial charge in [0.1, 0.15) is 5.75 Å². The molecule has 144 valence electrons. The number of nitrogen functional groups attached to an aromatic ring is 1. The minimum absolute atomic E-state index is 0.0160. The van der Waals surface area contributed by atoms with Gasteiger partial charge in [-0.1, -0.05) is 35.9 Å². The van der Waals surface area contributed by atoms with Crippen LogP contribution in [0, 0.1) is 6.92 Å². The zero-order valence-corrected chi connectivity index (χ0v) is 15.8. The zero-order chi connectivity index (χ0) is 19.9. The Kier molecular flexibility index (Phi) is 6.23. The molecule has 9 heteroatoms. The highest BCUT2D eigenvalue weighted by Gasteiger charge is 2.11. The first-order valence-corrected chi connectivity index (χ1v) is 8.74. The summed E-state index contributed by atoms with van der Waals surface area (Å²) in [7, 11) is 0. The van der Waals surface area contributed by atoms with Crippen LogP contribution in [-0.4, -0.2) is 27.5 Å². The van der Waals surface area contributed by atoms with E-state index in [0.717, 1.165) is 11.3 Å². The molecule has 0 amide bonds. The SMILES string of the molecule is Cc1ccc(Cl)c(OCC(=O)OCc2nc(N)nc(Nc3ccccc3)n2)c1. The highest BCUT2D eigenvalue weighted by atomic mass is 35.5. The Morgan fingerprint density at radius 2 is 1.93 bits per heavy atom. The molecule has 1 aromatic heterocycles. The van der Waals surface area contributed by atoms with Gasteiger partial charge in [-0.3, -0.25) is 0 Å². The predicted molar refractivity (Wildman–Crippen MR) is 105 cm³/mol. The number of aryl methyl sites for hydroxylation is 1. The molecule has 0 radical (unpaired) electrons. The quantitative estimate of drug-likeness (QED) is 0.582. The molecule has 0 aliphatic rings. The summed E-state index contributed by atoms with van der Waals surface area (Å²) < 4.78 is 10.5. The molecule has 0 fully saturated rings. The van der Waals surface area contributed by atoms with E-state index in [1.54, 1.807) is 12.1 Å². The minimum atomic E-state index is -0.589. The smallest absolute Gasteiger partial charge is 0.344 e. The van der Waals surface area contributed by atoms with Crippen molar-refractivity contribution in [2.45, 2.75) is 13.5 Å². The van der Waals surface area contributed by atoms with Gasteiger partial charge < -0.3 is 20.5 Å². The van der Waals surface area contributed by atoms with Gasteiger partial charge in [0, 0.05) is 5.69 Å². The number of nitrogens with one attached hydrogen (secondary N) is 1. The molecule has 0 aliphatic carbocycles. The maximum absolute atomic E-state index is 11.9. The summed E-state index contributed by atoms with van der Waals surface area (Å²) in [5.74, 6) is 0.314. The molecular weight excluding hydrogens is 382 g/mol. The van der Waals surface area contributed by atoms with Crippen molar-refractivity contribution in [1.82, 2.24) is 15.0 Å². The molecule has 3 rings (SSSR count). The summed E-state index contributed by atoms with van der Waals surface area (Å²) in [5.41, 5.74) is 7.46. The standard InChI is InChI=1S/C19H18ClN5O3/c1-12-7-8-14(20)15(9-12)27-11-17(26)28-10-16-23-18(21)25-19(24-16)22-13-5-3-2-4-6-13/h2-9H,10-11H2,1H3,(H3,21,22,23,24,25). The predicted octanol–water partition coefficient (Wildman–Crippen LogP) is 3.28. The molecule has 0 aliphatic heterocycles. The van der Waals surface area contributed by atoms with E-state index in [9.17, 15) is 4.79 Å². The lowest BCUT2D eigenvalue weighted by molar-refractivity contribution is -0.147. The van der Waals surface area contributed by atoms with Crippen LogP contribution in [0.15, 0.2) is 48.5 Å². The number of aromatic nitrogens is 3. The third-order valence-electron chi connectivity index (χ3n) is 3.52. The maximum Gasteiger partial charge on any atom is 0.344 e. The van der Waals surface area contributed by atoms with Gasteiger partial charge in [0.15, 0.2) is 19.0 Å². The van der Waals surface area contributed by atoms with E-state index in [4.69, 9.17) is 26.8 Å². The summed E-state index contributed by atoms with van der Waals surface area (Å²) in [4.78, 5) is 24.1. The summed E-state index contributed by atoms with van der Waals surface area (Å²) in [5, 5.41) is 3.43. The van der Waals surface area contributed by atoms with Gasteiger partial charge >= 0.3 is 5.97 Å². The van der Waals surface area contributed by atoms with Crippen molar-refractivity contribution >= 4 is 35.2 Å². The normalized spacial score (nSPS) is 10.4. The van der Waals surface area contributed by atoms with E-state index < -0.39 is 5.97 Å².